The summed E-state index contributed by atoms with van der Waals surface area (Å²) < 4.78 is 14.5. The maximum atomic E-state index is 12.9. The molecule has 1 aromatic heterocycles. The van der Waals surface area contributed by atoms with Crippen LogP contribution >= 0.6 is 0 Å². The monoisotopic (exact) mass is 246 g/mol. The first-order valence-electron chi connectivity index (χ1n) is 5.71. The zero-order valence-electron chi connectivity index (χ0n) is 10.6. The van der Waals surface area contributed by atoms with Crippen LogP contribution in [0, 0.1) is 5.82 Å². The minimum absolute atomic E-state index is 0.0257. The van der Waals surface area contributed by atoms with Crippen LogP contribution in [-0.2, 0) is 12.5 Å². The van der Waals surface area contributed by atoms with Crippen molar-refractivity contribution in [2.45, 2.75) is 19.3 Å². The van der Waals surface area contributed by atoms with Crippen molar-refractivity contribution in [1.82, 2.24) is 9.78 Å². The zero-order valence-corrected chi connectivity index (χ0v) is 10.6. The SMILES string of the molecule is Cn1cc(C(=O)C(C)(C)c2ccc(F)cc2)cn1. The van der Waals surface area contributed by atoms with Gasteiger partial charge in [0.05, 0.1) is 17.2 Å². The summed E-state index contributed by atoms with van der Waals surface area (Å²) >= 11 is 0. The molecule has 94 valence electrons. The summed E-state index contributed by atoms with van der Waals surface area (Å²) in [5.74, 6) is -0.328. The molecule has 0 aliphatic carbocycles. The molecular formula is C14H15FN2O. The third kappa shape index (κ3) is 2.18. The van der Waals surface area contributed by atoms with E-state index in [9.17, 15) is 9.18 Å². The van der Waals surface area contributed by atoms with Gasteiger partial charge in [-0.3, -0.25) is 9.48 Å². The number of rotatable bonds is 3. The maximum absolute atomic E-state index is 12.9. The second-order valence-corrected chi connectivity index (χ2v) is 4.86. The Kier molecular flexibility index (Phi) is 3.03. The average Bonchev–Trinajstić information content (AvgIpc) is 2.75. The van der Waals surface area contributed by atoms with Crippen LogP contribution in [0.25, 0.3) is 0 Å². The first-order valence-corrected chi connectivity index (χ1v) is 5.71. The minimum Gasteiger partial charge on any atom is -0.293 e. The number of hydrogen-bond donors (Lipinski definition) is 0. The van der Waals surface area contributed by atoms with Gasteiger partial charge in [-0.25, -0.2) is 4.39 Å². The Hall–Kier alpha value is -1.97. The predicted molar refractivity (Wildman–Crippen MR) is 67.0 cm³/mol. The first-order chi connectivity index (χ1) is 8.41. The van der Waals surface area contributed by atoms with E-state index in [-0.39, 0.29) is 11.6 Å². The van der Waals surface area contributed by atoms with E-state index in [0.717, 1.165) is 5.56 Å². The van der Waals surface area contributed by atoms with E-state index in [0.29, 0.717) is 5.56 Å². The van der Waals surface area contributed by atoms with Gasteiger partial charge in [0.1, 0.15) is 5.82 Å². The van der Waals surface area contributed by atoms with Gasteiger partial charge in [0, 0.05) is 13.2 Å². The van der Waals surface area contributed by atoms with E-state index in [4.69, 9.17) is 0 Å². The fraction of sp³-hybridized carbons (Fsp3) is 0.286. The topological polar surface area (TPSA) is 34.9 Å². The van der Waals surface area contributed by atoms with Crippen molar-refractivity contribution in [1.29, 1.82) is 0 Å². The molecule has 0 unspecified atom stereocenters. The lowest BCUT2D eigenvalue weighted by atomic mass is 9.79. The van der Waals surface area contributed by atoms with Crippen molar-refractivity contribution < 1.29 is 9.18 Å². The molecule has 0 saturated carbocycles. The van der Waals surface area contributed by atoms with Gasteiger partial charge in [0.2, 0.25) is 0 Å². The highest BCUT2D eigenvalue weighted by atomic mass is 19.1. The molecule has 4 heteroatoms. The van der Waals surface area contributed by atoms with Crippen LogP contribution in [0.5, 0.6) is 0 Å². The Bertz CT molecular complexity index is 570. The third-order valence-corrected chi connectivity index (χ3v) is 3.10. The molecule has 0 radical (unpaired) electrons. The van der Waals surface area contributed by atoms with Crippen LogP contribution in [0.2, 0.25) is 0 Å². The van der Waals surface area contributed by atoms with Gasteiger partial charge in [-0.15, -0.1) is 0 Å². The number of carbonyl (C=O) groups excluding carboxylic acids is 1. The van der Waals surface area contributed by atoms with Crippen molar-refractivity contribution in [3.8, 4) is 0 Å². The second-order valence-electron chi connectivity index (χ2n) is 4.86. The van der Waals surface area contributed by atoms with E-state index in [1.54, 1.807) is 36.3 Å². The van der Waals surface area contributed by atoms with Gasteiger partial charge < -0.3 is 0 Å². The molecule has 0 N–H and O–H groups in total. The average molecular weight is 246 g/mol. The van der Waals surface area contributed by atoms with Crippen LogP contribution < -0.4 is 0 Å². The van der Waals surface area contributed by atoms with Crippen molar-refractivity contribution in [2.24, 2.45) is 7.05 Å². The summed E-state index contributed by atoms with van der Waals surface area (Å²) in [5.41, 5.74) is 0.654. The third-order valence-electron chi connectivity index (χ3n) is 3.10. The van der Waals surface area contributed by atoms with Crippen molar-refractivity contribution >= 4 is 5.78 Å². The molecule has 0 bridgehead atoms. The molecule has 0 fully saturated rings. The fourth-order valence-corrected chi connectivity index (χ4v) is 1.90. The van der Waals surface area contributed by atoms with Gasteiger partial charge in [-0.05, 0) is 31.5 Å². The Morgan fingerprint density at radius 3 is 2.39 bits per heavy atom. The highest BCUT2D eigenvalue weighted by Crippen LogP contribution is 2.27. The van der Waals surface area contributed by atoms with E-state index in [1.165, 1.54) is 12.1 Å². The molecule has 0 saturated heterocycles. The number of halogens is 1. The van der Waals surface area contributed by atoms with E-state index in [1.807, 2.05) is 13.8 Å². The standard InChI is InChI=1S/C14H15FN2O/c1-14(2,11-4-6-12(15)7-5-11)13(18)10-8-16-17(3)9-10/h4-9H,1-3H3. The Morgan fingerprint density at radius 2 is 1.89 bits per heavy atom. The van der Waals surface area contributed by atoms with Gasteiger partial charge in [0.15, 0.2) is 5.78 Å². The maximum Gasteiger partial charge on any atom is 0.175 e. The molecule has 18 heavy (non-hydrogen) atoms. The zero-order chi connectivity index (χ0) is 13.3. The quantitative estimate of drug-likeness (QED) is 0.780. The summed E-state index contributed by atoms with van der Waals surface area (Å²) in [4.78, 5) is 12.4. The molecule has 0 atom stereocenters. The van der Waals surface area contributed by atoms with Gasteiger partial charge >= 0.3 is 0 Å². The number of benzene rings is 1. The summed E-state index contributed by atoms with van der Waals surface area (Å²) in [6.07, 6.45) is 3.24. The normalized spacial score (nSPS) is 11.6. The van der Waals surface area contributed by atoms with E-state index < -0.39 is 5.41 Å². The Balaban J connectivity index is 2.36. The van der Waals surface area contributed by atoms with Gasteiger partial charge in [0.25, 0.3) is 0 Å². The summed E-state index contributed by atoms with van der Waals surface area (Å²) in [6, 6.07) is 6.02. The lowest BCUT2D eigenvalue weighted by Crippen LogP contribution is -2.28. The van der Waals surface area contributed by atoms with Crippen LogP contribution in [-0.4, -0.2) is 15.6 Å². The van der Waals surface area contributed by atoms with Crippen molar-refractivity contribution in [3.63, 3.8) is 0 Å². The van der Waals surface area contributed by atoms with Crippen molar-refractivity contribution in [2.75, 3.05) is 0 Å². The molecule has 1 aromatic carbocycles. The number of aromatic nitrogens is 2. The second kappa shape index (κ2) is 4.37. The van der Waals surface area contributed by atoms with Crippen LogP contribution in [0.3, 0.4) is 0 Å². The molecule has 0 spiro atoms. The van der Waals surface area contributed by atoms with Gasteiger partial charge in [-0.1, -0.05) is 12.1 Å². The molecule has 3 nitrogen and oxygen atoms in total. The highest BCUT2D eigenvalue weighted by Gasteiger charge is 2.31. The smallest absolute Gasteiger partial charge is 0.175 e. The van der Waals surface area contributed by atoms with Gasteiger partial charge in [-0.2, -0.15) is 5.10 Å². The number of aryl methyl sites for hydroxylation is 1. The lowest BCUT2D eigenvalue weighted by Gasteiger charge is -2.22. The molecule has 2 rings (SSSR count). The van der Waals surface area contributed by atoms with E-state index in [2.05, 4.69) is 5.10 Å². The first kappa shape index (κ1) is 12.5. The summed E-state index contributed by atoms with van der Waals surface area (Å²) in [5, 5.41) is 3.99. The van der Waals surface area contributed by atoms with Crippen LogP contribution in [0.15, 0.2) is 36.7 Å². The number of carbonyl (C=O) groups is 1. The van der Waals surface area contributed by atoms with Crippen molar-refractivity contribution in [3.05, 3.63) is 53.6 Å². The summed E-state index contributed by atoms with van der Waals surface area (Å²) in [7, 11) is 1.77. The number of nitrogens with zero attached hydrogens (tertiary/aromatic N) is 2. The minimum atomic E-state index is -0.698. The lowest BCUT2D eigenvalue weighted by molar-refractivity contribution is 0.0908. The molecular weight excluding hydrogens is 231 g/mol. The van der Waals surface area contributed by atoms with Crippen LogP contribution in [0.4, 0.5) is 4.39 Å². The number of Topliss-reactive ketones (excluding diaryl/α,β-unsaturated/α-hetero) is 1. The fourth-order valence-electron chi connectivity index (χ4n) is 1.90. The number of ketones is 1. The predicted octanol–water partition coefficient (Wildman–Crippen LogP) is 2.72. The largest absolute Gasteiger partial charge is 0.293 e. The van der Waals surface area contributed by atoms with Crippen LogP contribution in [0.1, 0.15) is 29.8 Å². The molecule has 0 aliphatic heterocycles. The Labute approximate surface area is 105 Å². The Morgan fingerprint density at radius 1 is 1.28 bits per heavy atom. The molecule has 2 aromatic rings. The summed E-state index contributed by atoms with van der Waals surface area (Å²) in [6.45, 7) is 3.66. The molecule has 1 heterocycles. The highest BCUT2D eigenvalue weighted by molar-refractivity contribution is 6.03. The van der Waals surface area contributed by atoms with E-state index >= 15 is 0 Å². The molecule has 0 amide bonds. The number of hydrogen-bond acceptors (Lipinski definition) is 2. The molecule has 0 aliphatic rings.